The molecule has 0 aliphatic carbocycles. The van der Waals surface area contributed by atoms with Gasteiger partial charge in [0.05, 0.1) is 13.2 Å². The van der Waals surface area contributed by atoms with Gasteiger partial charge in [-0.15, -0.1) is 0 Å². The van der Waals surface area contributed by atoms with Gasteiger partial charge in [-0.25, -0.2) is 9.97 Å². The van der Waals surface area contributed by atoms with E-state index in [4.69, 9.17) is 4.74 Å². The van der Waals surface area contributed by atoms with Crippen LogP contribution in [-0.4, -0.2) is 55.3 Å². The molecule has 2 rings (SSSR count). The van der Waals surface area contributed by atoms with Crippen molar-refractivity contribution in [3.05, 3.63) is 12.4 Å². The topological polar surface area (TPSA) is 79.4 Å². The average Bonchev–Trinajstić information content (AvgIpc) is 2.47. The fourth-order valence-electron chi connectivity index (χ4n) is 2.03. The highest BCUT2D eigenvalue weighted by Crippen LogP contribution is 2.19. The molecule has 2 heterocycles. The predicted molar refractivity (Wildman–Crippen MR) is 72.2 cm³/mol. The maximum absolute atomic E-state index is 12.0. The van der Waals surface area contributed by atoms with Crippen LogP contribution >= 0.6 is 0 Å². The molecule has 19 heavy (non-hydrogen) atoms. The van der Waals surface area contributed by atoms with Gasteiger partial charge in [-0.05, 0) is 6.92 Å². The van der Waals surface area contributed by atoms with Crippen LogP contribution in [0.2, 0.25) is 0 Å². The van der Waals surface area contributed by atoms with E-state index >= 15 is 0 Å². The quantitative estimate of drug-likeness (QED) is 0.789. The molecule has 7 nitrogen and oxygen atoms in total. The van der Waals surface area contributed by atoms with E-state index in [9.17, 15) is 4.79 Å². The molecule has 1 aromatic rings. The summed E-state index contributed by atoms with van der Waals surface area (Å²) in [6.07, 6.45) is 1.49. The van der Waals surface area contributed by atoms with Crippen LogP contribution in [0.1, 0.15) is 6.92 Å². The Morgan fingerprint density at radius 3 is 3.16 bits per heavy atom. The standard InChI is InChI=1S/C12H19N5O2/c1-3-14-12(18)9-7-19-5-4-17(9)11-6-10(13-2)15-8-16-11/h6,8-9H,3-5,7H2,1-2H3,(H,14,18)(H,13,15,16). The molecule has 7 heteroatoms. The molecule has 0 bridgehead atoms. The SMILES string of the molecule is CCNC(=O)C1COCCN1c1cc(NC)ncn1. The monoisotopic (exact) mass is 265 g/mol. The molecule has 1 saturated heterocycles. The van der Waals surface area contributed by atoms with Crippen molar-refractivity contribution in [2.75, 3.05) is 43.6 Å². The summed E-state index contributed by atoms with van der Waals surface area (Å²) >= 11 is 0. The number of likely N-dealkylation sites (N-methyl/N-ethyl adjacent to an activating group) is 1. The lowest BCUT2D eigenvalue weighted by Crippen LogP contribution is -2.54. The molecule has 104 valence electrons. The fourth-order valence-corrected chi connectivity index (χ4v) is 2.03. The minimum Gasteiger partial charge on any atom is -0.377 e. The van der Waals surface area contributed by atoms with Gasteiger partial charge in [-0.1, -0.05) is 0 Å². The summed E-state index contributed by atoms with van der Waals surface area (Å²) < 4.78 is 5.40. The smallest absolute Gasteiger partial charge is 0.245 e. The minimum absolute atomic E-state index is 0.0354. The van der Waals surface area contributed by atoms with Crippen molar-refractivity contribution >= 4 is 17.5 Å². The van der Waals surface area contributed by atoms with E-state index in [0.29, 0.717) is 26.3 Å². The first-order valence-electron chi connectivity index (χ1n) is 6.38. The van der Waals surface area contributed by atoms with Gasteiger partial charge < -0.3 is 20.3 Å². The third kappa shape index (κ3) is 3.11. The van der Waals surface area contributed by atoms with Crippen LogP contribution in [0.3, 0.4) is 0 Å². The van der Waals surface area contributed by atoms with Crippen molar-refractivity contribution in [3.63, 3.8) is 0 Å². The van der Waals surface area contributed by atoms with Crippen molar-refractivity contribution in [2.24, 2.45) is 0 Å². The number of nitrogens with zero attached hydrogens (tertiary/aromatic N) is 3. The van der Waals surface area contributed by atoms with Gasteiger partial charge in [0.25, 0.3) is 0 Å². The van der Waals surface area contributed by atoms with Gasteiger partial charge in [-0.3, -0.25) is 4.79 Å². The average molecular weight is 265 g/mol. The zero-order valence-corrected chi connectivity index (χ0v) is 11.2. The Labute approximate surface area is 112 Å². The largest absolute Gasteiger partial charge is 0.377 e. The second-order valence-electron chi connectivity index (χ2n) is 4.19. The van der Waals surface area contributed by atoms with Crippen LogP contribution in [0.15, 0.2) is 12.4 Å². The molecule has 1 amide bonds. The molecule has 0 aromatic carbocycles. The molecule has 0 saturated carbocycles. The Hall–Kier alpha value is -1.89. The van der Waals surface area contributed by atoms with Gasteiger partial charge in [0.15, 0.2) is 0 Å². The minimum atomic E-state index is -0.340. The van der Waals surface area contributed by atoms with Crippen LogP contribution in [0.25, 0.3) is 0 Å². The van der Waals surface area contributed by atoms with Crippen molar-refractivity contribution in [1.29, 1.82) is 0 Å². The zero-order valence-electron chi connectivity index (χ0n) is 11.2. The maximum Gasteiger partial charge on any atom is 0.245 e. The molecule has 1 unspecified atom stereocenters. The van der Waals surface area contributed by atoms with Crippen molar-refractivity contribution in [1.82, 2.24) is 15.3 Å². The fraction of sp³-hybridized carbons (Fsp3) is 0.583. The summed E-state index contributed by atoms with van der Waals surface area (Å²) in [6, 6.07) is 1.49. The van der Waals surface area contributed by atoms with Crippen LogP contribution in [0.5, 0.6) is 0 Å². The summed E-state index contributed by atoms with van der Waals surface area (Å²) in [5, 5.41) is 5.79. The molecular weight excluding hydrogens is 246 g/mol. The molecule has 1 fully saturated rings. The number of morpholine rings is 1. The molecule has 0 radical (unpaired) electrons. The summed E-state index contributed by atoms with van der Waals surface area (Å²) in [5.74, 6) is 1.43. The predicted octanol–water partition coefficient (Wildman–Crippen LogP) is -0.140. The van der Waals surface area contributed by atoms with Crippen LogP contribution in [0.4, 0.5) is 11.6 Å². The van der Waals surface area contributed by atoms with Crippen molar-refractivity contribution in [2.45, 2.75) is 13.0 Å². The molecule has 0 spiro atoms. The zero-order chi connectivity index (χ0) is 13.7. The third-order valence-electron chi connectivity index (χ3n) is 2.99. The first kappa shape index (κ1) is 13.5. The number of nitrogens with one attached hydrogen (secondary N) is 2. The summed E-state index contributed by atoms with van der Waals surface area (Å²) in [5.41, 5.74) is 0. The highest BCUT2D eigenvalue weighted by atomic mass is 16.5. The summed E-state index contributed by atoms with van der Waals surface area (Å²) in [7, 11) is 1.80. The van der Waals surface area contributed by atoms with E-state index < -0.39 is 0 Å². The number of amides is 1. The molecule has 1 aromatic heterocycles. The number of carbonyl (C=O) groups is 1. The van der Waals surface area contributed by atoms with E-state index in [1.54, 1.807) is 7.05 Å². The Balaban J connectivity index is 2.20. The van der Waals surface area contributed by atoms with Gasteiger partial charge >= 0.3 is 0 Å². The highest BCUT2D eigenvalue weighted by Gasteiger charge is 2.30. The third-order valence-corrected chi connectivity index (χ3v) is 2.99. The summed E-state index contributed by atoms with van der Waals surface area (Å²) in [6.45, 7) is 4.12. The second kappa shape index (κ2) is 6.33. The lowest BCUT2D eigenvalue weighted by molar-refractivity contribution is -0.124. The Kier molecular flexibility index (Phi) is 4.51. The van der Waals surface area contributed by atoms with Gasteiger partial charge in [-0.2, -0.15) is 0 Å². The number of hydrogen-bond donors (Lipinski definition) is 2. The number of ether oxygens (including phenoxy) is 1. The lowest BCUT2D eigenvalue weighted by atomic mass is 10.2. The Bertz CT molecular complexity index is 440. The van der Waals surface area contributed by atoms with Crippen LogP contribution < -0.4 is 15.5 Å². The molecule has 1 atom stereocenters. The number of hydrogen-bond acceptors (Lipinski definition) is 6. The second-order valence-corrected chi connectivity index (χ2v) is 4.19. The number of aromatic nitrogens is 2. The normalized spacial score (nSPS) is 19.1. The van der Waals surface area contributed by atoms with Gasteiger partial charge in [0.2, 0.25) is 5.91 Å². The molecule has 2 N–H and O–H groups in total. The number of carbonyl (C=O) groups excluding carboxylic acids is 1. The van der Waals surface area contributed by atoms with Crippen LogP contribution in [-0.2, 0) is 9.53 Å². The lowest BCUT2D eigenvalue weighted by Gasteiger charge is -2.35. The van der Waals surface area contributed by atoms with E-state index in [-0.39, 0.29) is 11.9 Å². The first-order chi connectivity index (χ1) is 9.26. The first-order valence-corrected chi connectivity index (χ1v) is 6.38. The van der Waals surface area contributed by atoms with E-state index in [2.05, 4.69) is 20.6 Å². The van der Waals surface area contributed by atoms with E-state index in [1.165, 1.54) is 6.33 Å². The Morgan fingerprint density at radius 2 is 2.42 bits per heavy atom. The van der Waals surface area contributed by atoms with Crippen molar-refractivity contribution in [3.8, 4) is 0 Å². The van der Waals surface area contributed by atoms with Gasteiger partial charge in [0, 0.05) is 26.2 Å². The van der Waals surface area contributed by atoms with Crippen molar-refractivity contribution < 1.29 is 9.53 Å². The number of rotatable bonds is 4. The molecule has 1 aliphatic rings. The van der Waals surface area contributed by atoms with Crippen LogP contribution in [0, 0.1) is 0 Å². The van der Waals surface area contributed by atoms with E-state index in [1.807, 2.05) is 17.9 Å². The number of anilines is 2. The summed E-state index contributed by atoms with van der Waals surface area (Å²) in [4.78, 5) is 22.3. The van der Waals surface area contributed by atoms with E-state index in [0.717, 1.165) is 11.6 Å². The highest BCUT2D eigenvalue weighted by molar-refractivity contribution is 5.85. The van der Waals surface area contributed by atoms with Gasteiger partial charge in [0.1, 0.15) is 24.0 Å². The molecule has 1 aliphatic heterocycles. The maximum atomic E-state index is 12.0. The Morgan fingerprint density at radius 1 is 1.58 bits per heavy atom. The molecular formula is C12H19N5O2.